The van der Waals surface area contributed by atoms with Crippen LogP contribution in [0.15, 0.2) is 0 Å². The van der Waals surface area contributed by atoms with Gasteiger partial charge in [0.2, 0.25) is 5.91 Å². The first kappa shape index (κ1) is 9.48. The van der Waals surface area contributed by atoms with Crippen molar-refractivity contribution in [1.82, 2.24) is 0 Å². The molecule has 4 nitrogen and oxygen atoms in total. The summed E-state index contributed by atoms with van der Waals surface area (Å²) >= 11 is 0. The minimum atomic E-state index is -0.343. The number of nitrogens with two attached hydrogens (primary N) is 2. The highest BCUT2D eigenvalue weighted by atomic mass is 16.5. The van der Waals surface area contributed by atoms with E-state index in [4.69, 9.17) is 16.2 Å². The van der Waals surface area contributed by atoms with Crippen LogP contribution >= 0.6 is 0 Å². The van der Waals surface area contributed by atoms with E-state index < -0.39 is 0 Å². The highest BCUT2D eigenvalue weighted by Gasteiger charge is 2.27. The zero-order valence-corrected chi connectivity index (χ0v) is 7.16. The first-order valence-corrected chi connectivity index (χ1v) is 4.36. The second-order valence-corrected chi connectivity index (χ2v) is 3.15. The summed E-state index contributed by atoms with van der Waals surface area (Å²) in [6.07, 6.45) is 3.05. The zero-order chi connectivity index (χ0) is 8.97. The summed E-state index contributed by atoms with van der Waals surface area (Å²) in [5.41, 5.74) is 10.6. The Balaban J connectivity index is 2.46. The largest absolute Gasteiger partial charge is 0.377 e. The molecular weight excluding hydrogens is 156 g/mol. The van der Waals surface area contributed by atoms with E-state index in [-0.39, 0.29) is 17.9 Å². The van der Waals surface area contributed by atoms with Gasteiger partial charge in [-0.25, -0.2) is 0 Å². The van der Waals surface area contributed by atoms with Crippen LogP contribution in [0.5, 0.6) is 0 Å². The molecule has 1 fully saturated rings. The maximum absolute atomic E-state index is 10.9. The van der Waals surface area contributed by atoms with E-state index in [1.165, 1.54) is 0 Å². The summed E-state index contributed by atoms with van der Waals surface area (Å²) in [6, 6.07) is 0. The van der Waals surface area contributed by atoms with Crippen molar-refractivity contribution in [2.75, 3.05) is 13.2 Å². The van der Waals surface area contributed by atoms with Gasteiger partial charge in [0.25, 0.3) is 0 Å². The molecule has 1 rings (SSSR count). The van der Waals surface area contributed by atoms with Gasteiger partial charge < -0.3 is 16.2 Å². The van der Waals surface area contributed by atoms with Crippen LogP contribution in [0.25, 0.3) is 0 Å². The molecule has 1 heterocycles. The van der Waals surface area contributed by atoms with Gasteiger partial charge in [0.1, 0.15) is 0 Å². The van der Waals surface area contributed by atoms with Gasteiger partial charge in [-0.3, -0.25) is 4.79 Å². The molecule has 0 aliphatic carbocycles. The second kappa shape index (κ2) is 4.42. The summed E-state index contributed by atoms with van der Waals surface area (Å²) in [6.45, 7) is 1.02. The van der Waals surface area contributed by atoms with Crippen LogP contribution in [-0.4, -0.2) is 25.2 Å². The predicted molar refractivity (Wildman–Crippen MR) is 45.3 cm³/mol. The number of primary amides is 1. The molecule has 1 aliphatic heterocycles. The Kier molecular flexibility index (Phi) is 3.49. The first-order chi connectivity index (χ1) is 5.75. The summed E-state index contributed by atoms with van der Waals surface area (Å²) in [5.74, 6) is -0.644. The van der Waals surface area contributed by atoms with Crippen LogP contribution in [0, 0.1) is 5.92 Å². The fourth-order valence-corrected chi connectivity index (χ4v) is 1.53. The van der Waals surface area contributed by atoms with Crippen molar-refractivity contribution in [2.45, 2.75) is 25.4 Å². The minimum absolute atomic E-state index is 0.0405. The van der Waals surface area contributed by atoms with Crippen molar-refractivity contribution >= 4 is 5.91 Å². The SMILES string of the molecule is NCC(C(N)=O)C1CCCCO1. The Morgan fingerprint density at radius 2 is 2.33 bits per heavy atom. The van der Waals surface area contributed by atoms with Crippen LogP contribution in [0.3, 0.4) is 0 Å². The minimum Gasteiger partial charge on any atom is -0.377 e. The fourth-order valence-electron chi connectivity index (χ4n) is 1.53. The zero-order valence-electron chi connectivity index (χ0n) is 7.16. The Hall–Kier alpha value is -0.610. The lowest BCUT2D eigenvalue weighted by Gasteiger charge is -2.27. The smallest absolute Gasteiger partial charge is 0.224 e. The Morgan fingerprint density at radius 3 is 2.75 bits per heavy atom. The van der Waals surface area contributed by atoms with E-state index >= 15 is 0 Å². The lowest BCUT2D eigenvalue weighted by molar-refractivity contribution is -0.128. The number of rotatable bonds is 3. The standard InChI is InChI=1S/C8H16N2O2/c9-5-6(8(10)11)7-3-1-2-4-12-7/h6-7H,1-5,9H2,(H2,10,11). The van der Waals surface area contributed by atoms with E-state index in [1.807, 2.05) is 0 Å². The third-order valence-corrected chi connectivity index (χ3v) is 2.28. The molecule has 0 aromatic carbocycles. The van der Waals surface area contributed by atoms with Crippen LogP contribution < -0.4 is 11.5 Å². The summed E-state index contributed by atoms with van der Waals surface area (Å²) in [4.78, 5) is 10.9. The molecule has 0 spiro atoms. The van der Waals surface area contributed by atoms with E-state index in [0.717, 1.165) is 25.9 Å². The Morgan fingerprint density at radius 1 is 1.58 bits per heavy atom. The normalized spacial score (nSPS) is 26.6. The van der Waals surface area contributed by atoms with Gasteiger partial charge in [-0.2, -0.15) is 0 Å². The summed E-state index contributed by atoms with van der Waals surface area (Å²) in [7, 11) is 0. The van der Waals surface area contributed by atoms with Crippen LogP contribution in [-0.2, 0) is 9.53 Å². The van der Waals surface area contributed by atoms with Crippen LogP contribution in [0.1, 0.15) is 19.3 Å². The lowest BCUT2D eigenvalue weighted by atomic mass is 9.95. The number of carbonyl (C=O) groups excluding carboxylic acids is 1. The van der Waals surface area contributed by atoms with Crippen LogP contribution in [0.2, 0.25) is 0 Å². The van der Waals surface area contributed by atoms with Gasteiger partial charge in [0.15, 0.2) is 0 Å². The van der Waals surface area contributed by atoms with Gasteiger partial charge in [-0.05, 0) is 19.3 Å². The number of hydrogen-bond acceptors (Lipinski definition) is 3. The molecule has 4 heteroatoms. The molecule has 0 aromatic rings. The van der Waals surface area contributed by atoms with Gasteiger partial charge in [0.05, 0.1) is 12.0 Å². The quantitative estimate of drug-likeness (QED) is 0.609. The molecule has 0 saturated carbocycles. The van der Waals surface area contributed by atoms with Gasteiger partial charge >= 0.3 is 0 Å². The van der Waals surface area contributed by atoms with E-state index in [1.54, 1.807) is 0 Å². The van der Waals surface area contributed by atoms with Gasteiger partial charge in [-0.1, -0.05) is 0 Å². The number of ether oxygens (including phenoxy) is 1. The average molecular weight is 172 g/mol. The van der Waals surface area contributed by atoms with Crippen molar-refractivity contribution in [3.63, 3.8) is 0 Å². The average Bonchev–Trinajstić information content (AvgIpc) is 2.07. The molecule has 0 bridgehead atoms. The van der Waals surface area contributed by atoms with Crippen molar-refractivity contribution in [3.8, 4) is 0 Å². The summed E-state index contributed by atoms with van der Waals surface area (Å²) < 4.78 is 5.41. The Bertz CT molecular complexity index is 155. The number of hydrogen-bond donors (Lipinski definition) is 2. The topological polar surface area (TPSA) is 78.3 Å². The first-order valence-electron chi connectivity index (χ1n) is 4.36. The highest BCUT2D eigenvalue weighted by Crippen LogP contribution is 2.19. The molecule has 0 radical (unpaired) electrons. The maximum Gasteiger partial charge on any atom is 0.224 e. The molecule has 1 amide bonds. The molecule has 70 valence electrons. The van der Waals surface area contributed by atoms with Crippen molar-refractivity contribution < 1.29 is 9.53 Å². The third-order valence-electron chi connectivity index (χ3n) is 2.28. The van der Waals surface area contributed by atoms with E-state index in [0.29, 0.717) is 6.54 Å². The molecule has 2 unspecified atom stereocenters. The maximum atomic E-state index is 10.9. The lowest BCUT2D eigenvalue weighted by Crippen LogP contribution is -2.41. The molecule has 2 atom stereocenters. The molecule has 0 aromatic heterocycles. The van der Waals surface area contributed by atoms with Crippen LogP contribution in [0.4, 0.5) is 0 Å². The number of amides is 1. The molecule has 1 saturated heterocycles. The van der Waals surface area contributed by atoms with Crippen molar-refractivity contribution in [3.05, 3.63) is 0 Å². The third kappa shape index (κ3) is 2.19. The predicted octanol–water partition coefficient (Wildman–Crippen LogP) is -0.384. The van der Waals surface area contributed by atoms with Crippen molar-refractivity contribution in [1.29, 1.82) is 0 Å². The number of carbonyl (C=O) groups is 1. The highest BCUT2D eigenvalue weighted by molar-refractivity contribution is 5.77. The fraction of sp³-hybridized carbons (Fsp3) is 0.875. The molecule has 1 aliphatic rings. The van der Waals surface area contributed by atoms with Gasteiger partial charge in [0, 0.05) is 13.2 Å². The monoisotopic (exact) mass is 172 g/mol. The Labute approximate surface area is 72.2 Å². The molecular formula is C8H16N2O2. The second-order valence-electron chi connectivity index (χ2n) is 3.15. The van der Waals surface area contributed by atoms with Crippen molar-refractivity contribution in [2.24, 2.45) is 17.4 Å². The van der Waals surface area contributed by atoms with Gasteiger partial charge in [-0.15, -0.1) is 0 Å². The van der Waals surface area contributed by atoms with E-state index in [9.17, 15) is 4.79 Å². The summed E-state index contributed by atoms with van der Waals surface area (Å²) in [5, 5.41) is 0. The molecule has 12 heavy (non-hydrogen) atoms. The van der Waals surface area contributed by atoms with E-state index in [2.05, 4.69) is 0 Å². The molecule has 4 N–H and O–H groups in total.